The summed E-state index contributed by atoms with van der Waals surface area (Å²) in [5, 5.41) is 10.7. The smallest absolute Gasteiger partial charge is 0.305 e. The molecule has 0 fully saturated rings. The molecule has 1 amide bonds. The van der Waals surface area contributed by atoms with Crippen LogP contribution in [0.25, 0.3) is 0 Å². The van der Waals surface area contributed by atoms with Crippen molar-refractivity contribution in [2.45, 2.75) is 12.5 Å². The Bertz CT molecular complexity index is 464. The molecule has 6 nitrogen and oxygen atoms in total. The molecule has 1 unspecified atom stereocenters. The van der Waals surface area contributed by atoms with E-state index in [4.69, 9.17) is 15.6 Å². The first kappa shape index (κ1) is 13.9. The van der Waals surface area contributed by atoms with Gasteiger partial charge in [0.25, 0.3) is 0 Å². The quantitative estimate of drug-likeness (QED) is 0.715. The number of nitrogens with one attached hydrogen (secondary N) is 1. The summed E-state index contributed by atoms with van der Waals surface area (Å²) in [5.41, 5.74) is 5.23. The van der Waals surface area contributed by atoms with E-state index in [0.29, 0.717) is 5.75 Å². The highest BCUT2D eigenvalue weighted by atomic mass is 19.1. The van der Waals surface area contributed by atoms with Gasteiger partial charge in [-0.15, -0.1) is 0 Å². The minimum atomic E-state index is -1.24. The van der Waals surface area contributed by atoms with Crippen LogP contribution >= 0.6 is 0 Å². The first-order valence-corrected chi connectivity index (χ1v) is 5.06. The fraction of sp³-hybridized carbons (Fsp3) is 0.273. The number of carboxylic acid groups (broad SMARTS) is 1. The summed E-state index contributed by atoms with van der Waals surface area (Å²) in [4.78, 5) is 21.9. The van der Waals surface area contributed by atoms with Gasteiger partial charge in [-0.05, 0) is 12.1 Å². The number of rotatable bonds is 5. The summed E-state index contributed by atoms with van der Waals surface area (Å²) in [7, 11) is 1.40. The highest BCUT2D eigenvalue weighted by Crippen LogP contribution is 2.21. The molecule has 0 saturated carbocycles. The Morgan fingerprint density at radius 2 is 2.22 bits per heavy atom. The third kappa shape index (κ3) is 3.70. The summed E-state index contributed by atoms with van der Waals surface area (Å²) in [6.07, 6.45) is -0.530. The third-order valence-corrected chi connectivity index (χ3v) is 2.16. The van der Waals surface area contributed by atoms with E-state index in [9.17, 15) is 14.0 Å². The Labute approximate surface area is 103 Å². The van der Waals surface area contributed by atoms with Gasteiger partial charge in [0, 0.05) is 6.07 Å². The molecule has 0 heterocycles. The second kappa shape index (κ2) is 5.97. The van der Waals surface area contributed by atoms with Crippen LogP contribution in [-0.4, -0.2) is 30.1 Å². The van der Waals surface area contributed by atoms with Crippen molar-refractivity contribution >= 4 is 17.6 Å². The second-order valence-corrected chi connectivity index (χ2v) is 3.54. The number of ether oxygens (including phenoxy) is 1. The van der Waals surface area contributed by atoms with Crippen LogP contribution < -0.4 is 15.8 Å². The first-order valence-electron chi connectivity index (χ1n) is 5.06. The predicted molar refractivity (Wildman–Crippen MR) is 61.8 cm³/mol. The Hall–Kier alpha value is -2.15. The van der Waals surface area contributed by atoms with Crippen LogP contribution in [0.5, 0.6) is 5.75 Å². The molecule has 0 aliphatic carbocycles. The normalized spacial score (nSPS) is 11.7. The van der Waals surface area contributed by atoms with Gasteiger partial charge in [-0.2, -0.15) is 0 Å². The maximum Gasteiger partial charge on any atom is 0.305 e. The summed E-state index contributed by atoms with van der Waals surface area (Å²) in [5.74, 6) is -2.28. The zero-order chi connectivity index (χ0) is 13.7. The van der Waals surface area contributed by atoms with Crippen molar-refractivity contribution in [1.82, 2.24) is 0 Å². The summed E-state index contributed by atoms with van der Waals surface area (Å²) in [6, 6.07) is 2.55. The Kier molecular flexibility index (Phi) is 4.61. The molecule has 98 valence electrons. The van der Waals surface area contributed by atoms with Gasteiger partial charge in [0.15, 0.2) is 0 Å². The number of carbonyl (C=O) groups is 2. The van der Waals surface area contributed by atoms with E-state index in [0.717, 1.165) is 6.07 Å². The molecule has 18 heavy (non-hydrogen) atoms. The molecule has 0 radical (unpaired) electrons. The van der Waals surface area contributed by atoms with E-state index in [1.54, 1.807) is 0 Å². The minimum Gasteiger partial charge on any atom is -0.497 e. The van der Waals surface area contributed by atoms with E-state index in [1.165, 1.54) is 19.2 Å². The number of nitrogens with two attached hydrogens (primary N) is 1. The number of hydrogen-bond acceptors (Lipinski definition) is 4. The van der Waals surface area contributed by atoms with Crippen molar-refractivity contribution in [2.24, 2.45) is 5.73 Å². The zero-order valence-electron chi connectivity index (χ0n) is 9.64. The third-order valence-electron chi connectivity index (χ3n) is 2.16. The minimum absolute atomic E-state index is 0.111. The number of methoxy groups -OCH3 is 1. The summed E-state index contributed by atoms with van der Waals surface area (Å²) < 4.78 is 18.2. The van der Waals surface area contributed by atoms with Gasteiger partial charge in [0.05, 0.1) is 25.3 Å². The van der Waals surface area contributed by atoms with E-state index < -0.39 is 30.2 Å². The van der Waals surface area contributed by atoms with Crippen molar-refractivity contribution in [3.05, 3.63) is 24.0 Å². The molecule has 4 N–H and O–H groups in total. The van der Waals surface area contributed by atoms with E-state index in [-0.39, 0.29) is 5.69 Å². The molecule has 1 atom stereocenters. The van der Waals surface area contributed by atoms with Crippen LogP contribution in [0, 0.1) is 5.82 Å². The highest BCUT2D eigenvalue weighted by Gasteiger charge is 2.18. The monoisotopic (exact) mass is 256 g/mol. The molecule has 0 saturated heterocycles. The Morgan fingerprint density at radius 1 is 1.56 bits per heavy atom. The SMILES string of the molecule is COc1ccc(F)c(NC(=O)C(N)CC(=O)O)c1. The molecule has 1 aromatic rings. The van der Waals surface area contributed by atoms with Crippen LogP contribution in [0.15, 0.2) is 18.2 Å². The van der Waals surface area contributed by atoms with Crippen LogP contribution in [0.3, 0.4) is 0 Å². The lowest BCUT2D eigenvalue weighted by Crippen LogP contribution is -2.37. The number of aliphatic carboxylic acids is 1. The lowest BCUT2D eigenvalue weighted by atomic mass is 10.2. The summed E-state index contributed by atoms with van der Waals surface area (Å²) >= 11 is 0. The molecular formula is C11H13FN2O4. The molecule has 0 aliphatic heterocycles. The van der Waals surface area contributed by atoms with Crippen LogP contribution in [0.2, 0.25) is 0 Å². The van der Waals surface area contributed by atoms with Gasteiger partial charge in [-0.1, -0.05) is 0 Å². The molecule has 7 heteroatoms. The fourth-order valence-corrected chi connectivity index (χ4v) is 1.23. The molecule has 0 aliphatic rings. The van der Waals surface area contributed by atoms with Crippen molar-refractivity contribution in [2.75, 3.05) is 12.4 Å². The predicted octanol–water partition coefficient (Wildman–Crippen LogP) is 0.575. The van der Waals surface area contributed by atoms with Gasteiger partial charge >= 0.3 is 5.97 Å². The largest absolute Gasteiger partial charge is 0.497 e. The van der Waals surface area contributed by atoms with E-state index in [2.05, 4.69) is 5.32 Å². The van der Waals surface area contributed by atoms with Crippen molar-refractivity contribution in [3.63, 3.8) is 0 Å². The lowest BCUT2D eigenvalue weighted by molar-refractivity contribution is -0.138. The fourth-order valence-electron chi connectivity index (χ4n) is 1.23. The zero-order valence-corrected chi connectivity index (χ0v) is 9.64. The molecule has 1 rings (SSSR count). The average molecular weight is 256 g/mol. The number of carbonyl (C=O) groups excluding carboxylic acids is 1. The molecule has 0 bridgehead atoms. The Morgan fingerprint density at radius 3 is 2.78 bits per heavy atom. The second-order valence-electron chi connectivity index (χ2n) is 3.54. The van der Waals surface area contributed by atoms with Crippen LogP contribution in [-0.2, 0) is 9.59 Å². The van der Waals surface area contributed by atoms with Crippen LogP contribution in [0.1, 0.15) is 6.42 Å². The topological polar surface area (TPSA) is 102 Å². The number of carboxylic acids is 1. The maximum absolute atomic E-state index is 13.4. The number of halogens is 1. The van der Waals surface area contributed by atoms with E-state index in [1.807, 2.05) is 0 Å². The van der Waals surface area contributed by atoms with Crippen molar-refractivity contribution < 1.29 is 23.8 Å². The van der Waals surface area contributed by atoms with Gasteiger partial charge in [0.2, 0.25) is 5.91 Å². The number of amides is 1. The van der Waals surface area contributed by atoms with Crippen LogP contribution in [0.4, 0.5) is 10.1 Å². The standard InChI is InChI=1S/C11H13FN2O4/c1-18-6-2-3-7(12)9(4-6)14-11(17)8(13)5-10(15)16/h2-4,8H,5,13H2,1H3,(H,14,17)(H,15,16). The average Bonchev–Trinajstić information content (AvgIpc) is 2.31. The van der Waals surface area contributed by atoms with Crippen molar-refractivity contribution in [3.8, 4) is 5.75 Å². The van der Waals surface area contributed by atoms with Gasteiger partial charge in [0.1, 0.15) is 11.6 Å². The number of benzene rings is 1. The molecule has 0 spiro atoms. The summed E-state index contributed by atoms with van der Waals surface area (Å²) in [6.45, 7) is 0. The van der Waals surface area contributed by atoms with Gasteiger partial charge in [-0.3, -0.25) is 9.59 Å². The number of hydrogen-bond donors (Lipinski definition) is 3. The highest BCUT2D eigenvalue weighted by molar-refractivity contribution is 5.96. The van der Waals surface area contributed by atoms with Gasteiger partial charge in [-0.25, -0.2) is 4.39 Å². The maximum atomic E-state index is 13.4. The Balaban J connectivity index is 2.77. The molecule has 1 aromatic carbocycles. The first-order chi connectivity index (χ1) is 8.43. The van der Waals surface area contributed by atoms with Gasteiger partial charge < -0.3 is 20.9 Å². The molecule has 0 aromatic heterocycles. The van der Waals surface area contributed by atoms with Crippen molar-refractivity contribution in [1.29, 1.82) is 0 Å². The van der Waals surface area contributed by atoms with E-state index >= 15 is 0 Å². The number of anilines is 1. The molecular weight excluding hydrogens is 243 g/mol. The lowest BCUT2D eigenvalue weighted by Gasteiger charge is -2.11.